The molecular formula is C16H21NO2. The van der Waals surface area contributed by atoms with Gasteiger partial charge in [-0.15, -0.1) is 0 Å². The molecule has 1 aliphatic rings. The topological polar surface area (TPSA) is 46.2 Å². The maximum atomic E-state index is 12.0. The minimum Gasteiger partial charge on any atom is -0.352 e. The maximum Gasteiger partial charge on any atom is 0.223 e. The average molecular weight is 259 g/mol. The molecule has 102 valence electrons. The molecule has 0 heterocycles. The molecule has 19 heavy (non-hydrogen) atoms. The van der Waals surface area contributed by atoms with Crippen LogP contribution >= 0.6 is 0 Å². The molecule has 3 heteroatoms. The lowest BCUT2D eigenvalue weighted by Crippen LogP contribution is -2.32. The summed E-state index contributed by atoms with van der Waals surface area (Å²) in [4.78, 5) is 23.1. The molecule has 1 fully saturated rings. The Hall–Kier alpha value is -1.64. The molecule has 0 saturated heterocycles. The molecule has 0 radical (unpaired) electrons. The van der Waals surface area contributed by atoms with Gasteiger partial charge in [-0.2, -0.15) is 0 Å². The lowest BCUT2D eigenvalue weighted by molar-refractivity contribution is -0.128. The average Bonchev–Trinajstić information content (AvgIpc) is 2.46. The number of Topliss-reactive ketones (excluding diaryl/α,β-unsaturated/α-hetero) is 1. The van der Waals surface area contributed by atoms with E-state index in [-0.39, 0.29) is 11.8 Å². The molecule has 0 atom stereocenters. The van der Waals surface area contributed by atoms with Crippen LogP contribution in [0.3, 0.4) is 0 Å². The highest BCUT2D eigenvalue weighted by atomic mass is 16.2. The van der Waals surface area contributed by atoms with Gasteiger partial charge in [0, 0.05) is 25.3 Å². The molecule has 1 aromatic carbocycles. The molecule has 1 saturated carbocycles. The molecule has 1 aliphatic carbocycles. The molecule has 0 bridgehead atoms. The summed E-state index contributed by atoms with van der Waals surface area (Å²) >= 11 is 0. The fraction of sp³-hybridized carbons (Fsp3) is 0.500. The summed E-state index contributed by atoms with van der Waals surface area (Å²) in [6.45, 7) is 2.70. The third-order valence-corrected chi connectivity index (χ3v) is 3.81. The predicted molar refractivity (Wildman–Crippen MR) is 74.6 cm³/mol. The van der Waals surface area contributed by atoms with Crippen LogP contribution in [0.5, 0.6) is 0 Å². The zero-order valence-corrected chi connectivity index (χ0v) is 11.4. The van der Waals surface area contributed by atoms with Crippen LogP contribution < -0.4 is 5.32 Å². The van der Waals surface area contributed by atoms with E-state index in [0.29, 0.717) is 38.0 Å². The molecule has 0 aliphatic heterocycles. The highest BCUT2D eigenvalue weighted by Gasteiger charge is 2.24. The van der Waals surface area contributed by atoms with E-state index in [0.717, 1.165) is 12.0 Å². The quantitative estimate of drug-likeness (QED) is 0.903. The smallest absolute Gasteiger partial charge is 0.223 e. The number of aryl methyl sites for hydroxylation is 1. The van der Waals surface area contributed by atoms with Crippen molar-refractivity contribution in [2.75, 3.05) is 0 Å². The van der Waals surface area contributed by atoms with Crippen molar-refractivity contribution in [3.8, 4) is 0 Å². The van der Waals surface area contributed by atoms with E-state index < -0.39 is 0 Å². The van der Waals surface area contributed by atoms with Crippen LogP contribution in [0, 0.1) is 5.92 Å². The fourth-order valence-electron chi connectivity index (χ4n) is 2.43. The van der Waals surface area contributed by atoms with Crippen molar-refractivity contribution >= 4 is 11.7 Å². The number of benzene rings is 1. The van der Waals surface area contributed by atoms with E-state index in [9.17, 15) is 9.59 Å². The molecule has 0 unspecified atom stereocenters. The Morgan fingerprint density at radius 3 is 2.32 bits per heavy atom. The summed E-state index contributed by atoms with van der Waals surface area (Å²) in [5.41, 5.74) is 2.43. The second kappa shape index (κ2) is 6.50. The Balaban J connectivity index is 1.80. The summed E-state index contributed by atoms with van der Waals surface area (Å²) in [5.74, 6) is 0.402. The first-order chi connectivity index (χ1) is 9.19. The van der Waals surface area contributed by atoms with Crippen molar-refractivity contribution in [3.05, 3.63) is 35.4 Å². The van der Waals surface area contributed by atoms with E-state index in [2.05, 4.69) is 36.5 Å². The van der Waals surface area contributed by atoms with Gasteiger partial charge in [-0.25, -0.2) is 0 Å². The zero-order valence-electron chi connectivity index (χ0n) is 11.4. The van der Waals surface area contributed by atoms with Crippen molar-refractivity contribution in [2.24, 2.45) is 5.92 Å². The van der Waals surface area contributed by atoms with Crippen molar-refractivity contribution in [3.63, 3.8) is 0 Å². The van der Waals surface area contributed by atoms with Crippen LogP contribution in [0.15, 0.2) is 24.3 Å². The summed E-state index contributed by atoms with van der Waals surface area (Å²) in [5, 5.41) is 2.97. The van der Waals surface area contributed by atoms with E-state index in [1.165, 1.54) is 5.56 Å². The summed E-state index contributed by atoms with van der Waals surface area (Å²) in [7, 11) is 0. The monoisotopic (exact) mass is 259 g/mol. The van der Waals surface area contributed by atoms with Gasteiger partial charge in [0.15, 0.2) is 0 Å². The molecule has 2 rings (SSSR count). The van der Waals surface area contributed by atoms with Gasteiger partial charge in [-0.1, -0.05) is 31.2 Å². The predicted octanol–water partition coefficient (Wildman–Crippen LogP) is 2.62. The van der Waals surface area contributed by atoms with Crippen molar-refractivity contribution < 1.29 is 9.59 Å². The third-order valence-electron chi connectivity index (χ3n) is 3.81. The molecule has 1 aromatic rings. The Kier molecular flexibility index (Phi) is 4.72. The Morgan fingerprint density at radius 2 is 1.74 bits per heavy atom. The van der Waals surface area contributed by atoms with Gasteiger partial charge < -0.3 is 5.32 Å². The summed E-state index contributed by atoms with van der Waals surface area (Å²) < 4.78 is 0. The summed E-state index contributed by atoms with van der Waals surface area (Å²) in [6.07, 6.45) is 3.56. The first-order valence-electron chi connectivity index (χ1n) is 7.06. The van der Waals surface area contributed by atoms with Gasteiger partial charge in [0.05, 0.1) is 0 Å². The zero-order chi connectivity index (χ0) is 13.7. The Bertz CT molecular complexity index is 440. The lowest BCUT2D eigenvalue weighted by atomic mass is 9.88. The molecule has 3 nitrogen and oxygen atoms in total. The maximum absolute atomic E-state index is 12.0. The van der Waals surface area contributed by atoms with Gasteiger partial charge >= 0.3 is 0 Å². The second-order valence-electron chi connectivity index (χ2n) is 5.20. The van der Waals surface area contributed by atoms with Crippen LogP contribution in [0.4, 0.5) is 0 Å². The number of nitrogens with one attached hydrogen (secondary N) is 1. The number of ketones is 1. The summed E-state index contributed by atoms with van der Waals surface area (Å²) in [6, 6.07) is 8.31. The lowest BCUT2D eigenvalue weighted by Gasteiger charge is -2.20. The van der Waals surface area contributed by atoms with Gasteiger partial charge in [0.2, 0.25) is 5.91 Å². The highest BCUT2D eigenvalue weighted by Crippen LogP contribution is 2.21. The van der Waals surface area contributed by atoms with E-state index >= 15 is 0 Å². The number of carbonyl (C=O) groups excluding carboxylic acids is 2. The van der Waals surface area contributed by atoms with E-state index in [1.807, 2.05) is 0 Å². The number of rotatable bonds is 4. The van der Waals surface area contributed by atoms with Crippen LogP contribution in [0.25, 0.3) is 0 Å². The Labute approximate surface area is 114 Å². The fourth-order valence-corrected chi connectivity index (χ4v) is 2.43. The van der Waals surface area contributed by atoms with Gasteiger partial charge in [0.25, 0.3) is 0 Å². The third kappa shape index (κ3) is 3.91. The van der Waals surface area contributed by atoms with E-state index in [4.69, 9.17) is 0 Å². The number of hydrogen-bond acceptors (Lipinski definition) is 2. The molecular weight excluding hydrogens is 238 g/mol. The van der Waals surface area contributed by atoms with Crippen LogP contribution in [-0.4, -0.2) is 11.7 Å². The van der Waals surface area contributed by atoms with Crippen molar-refractivity contribution in [1.29, 1.82) is 0 Å². The van der Waals surface area contributed by atoms with Crippen molar-refractivity contribution in [1.82, 2.24) is 5.32 Å². The van der Waals surface area contributed by atoms with Crippen LogP contribution in [0.2, 0.25) is 0 Å². The molecule has 1 amide bonds. The van der Waals surface area contributed by atoms with Crippen LogP contribution in [0.1, 0.15) is 43.7 Å². The number of hydrogen-bond donors (Lipinski definition) is 1. The van der Waals surface area contributed by atoms with Gasteiger partial charge in [-0.05, 0) is 30.4 Å². The van der Waals surface area contributed by atoms with E-state index in [1.54, 1.807) is 0 Å². The Morgan fingerprint density at radius 1 is 1.16 bits per heavy atom. The molecule has 0 aromatic heterocycles. The first kappa shape index (κ1) is 13.8. The SMILES string of the molecule is CCc1ccc(CNC(=O)C2CCC(=O)CC2)cc1. The largest absolute Gasteiger partial charge is 0.352 e. The number of amides is 1. The molecule has 1 N–H and O–H groups in total. The second-order valence-corrected chi connectivity index (χ2v) is 5.20. The minimum absolute atomic E-state index is 0.0209. The molecule has 0 spiro atoms. The minimum atomic E-state index is 0.0209. The van der Waals surface area contributed by atoms with Crippen LogP contribution in [-0.2, 0) is 22.6 Å². The standard InChI is InChI=1S/C16H21NO2/c1-2-12-3-5-13(6-4-12)11-17-16(19)14-7-9-15(18)10-8-14/h3-6,14H,2,7-11H2,1H3,(H,17,19). The first-order valence-corrected chi connectivity index (χ1v) is 7.06. The number of carbonyl (C=O) groups is 2. The highest BCUT2D eigenvalue weighted by molar-refractivity contribution is 5.84. The normalized spacial score (nSPS) is 16.4. The van der Waals surface area contributed by atoms with Gasteiger partial charge in [-0.3, -0.25) is 9.59 Å². The van der Waals surface area contributed by atoms with Gasteiger partial charge in [0.1, 0.15) is 5.78 Å². The van der Waals surface area contributed by atoms with Crippen molar-refractivity contribution in [2.45, 2.75) is 45.6 Å².